The molecule has 1 nitrogen and oxygen atoms in total. The Labute approximate surface area is 56.9 Å². The first kappa shape index (κ1) is 6.66. The van der Waals surface area contributed by atoms with Gasteiger partial charge in [-0.2, -0.15) is 0 Å². The van der Waals surface area contributed by atoms with Crippen LogP contribution in [0.5, 0.6) is 0 Å². The van der Waals surface area contributed by atoms with E-state index < -0.39 is 0 Å². The lowest BCUT2D eigenvalue weighted by atomic mass is 10.1. The van der Waals surface area contributed by atoms with E-state index >= 15 is 0 Å². The van der Waals surface area contributed by atoms with E-state index in [1.54, 1.807) is 6.20 Å². The summed E-state index contributed by atoms with van der Waals surface area (Å²) in [5, 5.41) is 0. The lowest BCUT2D eigenvalue weighted by Gasteiger charge is -1.99. The summed E-state index contributed by atoms with van der Waals surface area (Å²) in [4.78, 5) is 0. The quantitative estimate of drug-likeness (QED) is 0.525. The van der Waals surface area contributed by atoms with Gasteiger partial charge in [0.25, 0.3) is 0 Å². The number of hydrogen-bond donors (Lipinski definition) is 1. The molecule has 2 N–H and O–H groups in total. The van der Waals surface area contributed by atoms with Gasteiger partial charge in [0.1, 0.15) is 0 Å². The van der Waals surface area contributed by atoms with Crippen molar-refractivity contribution in [2.24, 2.45) is 17.6 Å². The van der Waals surface area contributed by atoms with Gasteiger partial charge in [-0.25, -0.2) is 0 Å². The second-order valence-corrected chi connectivity index (χ2v) is 3.19. The van der Waals surface area contributed by atoms with Gasteiger partial charge in [-0.15, -0.1) is 0 Å². The maximum atomic E-state index is 5.42. The molecule has 1 fully saturated rings. The van der Waals surface area contributed by atoms with E-state index in [4.69, 9.17) is 5.73 Å². The number of rotatable bonds is 0. The molecule has 0 aromatic heterocycles. The number of allylic oxidation sites excluding steroid dienone is 1. The molecule has 0 heterocycles. The van der Waals surface area contributed by atoms with Crippen molar-refractivity contribution in [3.05, 3.63) is 11.8 Å². The smallest absolute Gasteiger partial charge is 0.00676 e. The molecule has 0 radical (unpaired) electrons. The summed E-state index contributed by atoms with van der Waals surface area (Å²) >= 11 is 0. The first-order valence-corrected chi connectivity index (χ1v) is 3.64. The average Bonchev–Trinajstić information content (AvgIpc) is 2.10. The molecule has 0 spiro atoms. The molecule has 52 valence electrons. The van der Waals surface area contributed by atoms with E-state index in [1.165, 1.54) is 18.4 Å². The fraction of sp³-hybridized carbons (Fsp3) is 0.750. The molecular weight excluding hydrogens is 110 g/mol. The zero-order valence-electron chi connectivity index (χ0n) is 6.22. The summed E-state index contributed by atoms with van der Waals surface area (Å²) in [5.74, 6) is 1.60. The number of hydrogen-bond acceptors (Lipinski definition) is 1. The Kier molecular flexibility index (Phi) is 1.79. The van der Waals surface area contributed by atoms with Gasteiger partial charge in [0.15, 0.2) is 0 Å². The Balaban J connectivity index is 2.58. The molecule has 0 aromatic rings. The van der Waals surface area contributed by atoms with Crippen LogP contribution in [0.15, 0.2) is 11.8 Å². The fourth-order valence-corrected chi connectivity index (χ4v) is 1.67. The second-order valence-electron chi connectivity index (χ2n) is 3.19. The largest absolute Gasteiger partial charge is 0.405 e. The average molecular weight is 125 g/mol. The van der Waals surface area contributed by atoms with Crippen LogP contribution >= 0.6 is 0 Å². The summed E-state index contributed by atoms with van der Waals surface area (Å²) in [6.45, 7) is 4.54. The normalized spacial score (nSPS) is 40.0. The highest BCUT2D eigenvalue weighted by Crippen LogP contribution is 2.34. The van der Waals surface area contributed by atoms with Crippen molar-refractivity contribution in [1.82, 2.24) is 0 Å². The summed E-state index contributed by atoms with van der Waals surface area (Å²) in [6, 6.07) is 0. The van der Waals surface area contributed by atoms with Crippen LogP contribution in [0.3, 0.4) is 0 Å². The van der Waals surface area contributed by atoms with E-state index in [9.17, 15) is 0 Å². The molecule has 1 heteroatoms. The van der Waals surface area contributed by atoms with Crippen molar-refractivity contribution >= 4 is 0 Å². The van der Waals surface area contributed by atoms with Gasteiger partial charge in [0.2, 0.25) is 0 Å². The predicted octanol–water partition coefficient (Wildman–Crippen LogP) is 1.90. The zero-order valence-corrected chi connectivity index (χ0v) is 6.22. The molecule has 2 unspecified atom stereocenters. The van der Waals surface area contributed by atoms with Crippen molar-refractivity contribution in [3.63, 3.8) is 0 Å². The van der Waals surface area contributed by atoms with Crippen LogP contribution in [0.25, 0.3) is 0 Å². The third-order valence-electron chi connectivity index (χ3n) is 2.19. The van der Waals surface area contributed by atoms with Crippen LogP contribution in [0.2, 0.25) is 0 Å². The molecule has 0 aromatic carbocycles. The van der Waals surface area contributed by atoms with E-state index in [0.29, 0.717) is 0 Å². The third kappa shape index (κ3) is 1.26. The molecule has 1 saturated carbocycles. The van der Waals surface area contributed by atoms with Crippen LogP contribution < -0.4 is 5.73 Å². The van der Waals surface area contributed by atoms with E-state index in [0.717, 1.165) is 11.8 Å². The van der Waals surface area contributed by atoms with Crippen molar-refractivity contribution in [2.45, 2.75) is 26.7 Å². The van der Waals surface area contributed by atoms with Crippen LogP contribution in [0.1, 0.15) is 26.7 Å². The van der Waals surface area contributed by atoms with Crippen molar-refractivity contribution < 1.29 is 0 Å². The highest BCUT2D eigenvalue weighted by molar-refractivity contribution is 5.09. The molecule has 0 aliphatic heterocycles. The summed E-state index contributed by atoms with van der Waals surface area (Å²) in [7, 11) is 0. The first-order valence-electron chi connectivity index (χ1n) is 3.64. The zero-order chi connectivity index (χ0) is 6.85. The summed E-state index contributed by atoms with van der Waals surface area (Å²) in [5.41, 5.74) is 6.87. The predicted molar refractivity (Wildman–Crippen MR) is 39.8 cm³/mol. The Bertz CT molecular complexity index is 127. The summed E-state index contributed by atoms with van der Waals surface area (Å²) < 4.78 is 0. The van der Waals surface area contributed by atoms with Crippen LogP contribution in [0, 0.1) is 11.8 Å². The van der Waals surface area contributed by atoms with Crippen LogP contribution in [0.4, 0.5) is 0 Å². The standard InChI is InChI=1S/C8H15N/c1-6-3-7(2)8(4-6)5-9/h5-7H,3-4,9H2,1-2H3/b8-5+. The van der Waals surface area contributed by atoms with Crippen molar-refractivity contribution in [3.8, 4) is 0 Å². The van der Waals surface area contributed by atoms with E-state index in [1.807, 2.05) is 0 Å². The SMILES string of the molecule is CC1C/C(=C\N)C(C)C1. The van der Waals surface area contributed by atoms with Crippen molar-refractivity contribution in [2.75, 3.05) is 0 Å². The molecule has 1 aliphatic rings. The fourth-order valence-electron chi connectivity index (χ4n) is 1.67. The van der Waals surface area contributed by atoms with Gasteiger partial charge < -0.3 is 5.73 Å². The monoisotopic (exact) mass is 125 g/mol. The Hall–Kier alpha value is -0.460. The first-order chi connectivity index (χ1) is 4.24. The maximum Gasteiger partial charge on any atom is -0.00676 e. The van der Waals surface area contributed by atoms with Crippen LogP contribution in [-0.4, -0.2) is 0 Å². The van der Waals surface area contributed by atoms with Crippen molar-refractivity contribution in [1.29, 1.82) is 0 Å². The molecule has 0 saturated heterocycles. The topological polar surface area (TPSA) is 26.0 Å². The van der Waals surface area contributed by atoms with Crippen LogP contribution in [-0.2, 0) is 0 Å². The Morgan fingerprint density at radius 2 is 2.22 bits per heavy atom. The highest BCUT2D eigenvalue weighted by Gasteiger charge is 2.21. The van der Waals surface area contributed by atoms with Gasteiger partial charge in [-0.3, -0.25) is 0 Å². The second kappa shape index (κ2) is 2.42. The minimum Gasteiger partial charge on any atom is -0.405 e. The van der Waals surface area contributed by atoms with E-state index in [2.05, 4.69) is 13.8 Å². The Morgan fingerprint density at radius 3 is 2.44 bits per heavy atom. The Morgan fingerprint density at radius 1 is 1.56 bits per heavy atom. The molecule has 9 heavy (non-hydrogen) atoms. The highest BCUT2D eigenvalue weighted by atomic mass is 14.5. The number of nitrogens with two attached hydrogens (primary N) is 1. The molecule has 1 aliphatic carbocycles. The minimum atomic E-state index is 0.741. The van der Waals surface area contributed by atoms with Gasteiger partial charge in [0, 0.05) is 0 Å². The molecule has 1 rings (SSSR count). The van der Waals surface area contributed by atoms with E-state index in [-0.39, 0.29) is 0 Å². The molecular formula is C8H15N. The lowest BCUT2D eigenvalue weighted by Crippen LogP contribution is -1.91. The molecule has 2 atom stereocenters. The lowest BCUT2D eigenvalue weighted by molar-refractivity contribution is 0.563. The van der Waals surface area contributed by atoms with Gasteiger partial charge in [-0.05, 0) is 30.9 Å². The van der Waals surface area contributed by atoms with Gasteiger partial charge in [-0.1, -0.05) is 19.4 Å². The molecule has 0 amide bonds. The minimum absolute atomic E-state index is 0.741. The molecule has 0 bridgehead atoms. The van der Waals surface area contributed by atoms with Gasteiger partial charge in [0.05, 0.1) is 0 Å². The summed E-state index contributed by atoms with van der Waals surface area (Å²) in [6.07, 6.45) is 4.33. The maximum absolute atomic E-state index is 5.42. The van der Waals surface area contributed by atoms with Gasteiger partial charge >= 0.3 is 0 Å². The third-order valence-corrected chi connectivity index (χ3v) is 2.19.